The molecule has 0 bridgehead atoms. The van der Waals surface area contributed by atoms with Crippen molar-refractivity contribution < 1.29 is 11.0 Å². The summed E-state index contributed by atoms with van der Waals surface area (Å²) >= 11 is 0. The predicted octanol–water partition coefficient (Wildman–Crippen LogP) is 18.6. The average Bonchev–Trinajstić information content (AvgIpc) is 3.46. The summed E-state index contributed by atoms with van der Waals surface area (Å²) < 4.78 is 78.4. The van der Waals surface area contributed by atoms with Crippen molar-refractivity contribution in [3.8, 4) is 66.8 Å². The van der Waals surface area contributed by atoms with E-state index in [2.05, 4.69) is 42.5 Å². The van der Waals surface area contributed by atoms with Gasteiger partial charge in [0.2, 0.25) is 0 Å². The van der Waals surface area contributed by atoms with Gasteiger partial charge in [0, 0.05) is 17.1 Å². The number of benzene rings is 12. The standard InChI is InChI=1S/C66H45N/c1-4-14-48(15-5-1)61-41-34-55(45-65(61)49-16-6-2-7-17-49)47-28-37-58(38-29-47)67(57-35-26-46(27-36-57)54-33-42-62-56(44-54)25-24-50-18-10-12-22-60(50)62)59-39-30-52(31-40-59)64-43-32-51-19-11-13-23-63(51)66(64)53-20-8-3-9-21-53/h1-45H/i28D,29D,30D,31D,37D,38D,39D,40D. The highest BCUT2D eigenvalue weighted by molar-refractivity contribution is 6.08. The summed E-state index contributed by atoms with van der Waals surface area (Å²) in [5.41, 5.74) is 8.18. The third-order valence-corrected chi connectivity index (χ3v) is 12.6. The third kappa shape index (κ3) is 7.63. The van der Waals surface area contributed by atoms with Crippen molar-refractivity contribution >= 4 is 49.4 Å². The van der Waals surface area contributed by atoms with Gasteiger partial charge in [-0.15, -0.1) is 0 Å². The van der Waals surface area contributed by atoms with Crippen LogP contribution in [-0.4, -0.2) is 0 Å². The molecule has 0 aliphatic carbocycles. The minimum absolute atomic E-state index is 0.0876. The van der Waals surface area contributed by atoms with Gasteiger partial charge < -0.3 is 4.90 Å². The van der Waals surface area contributed by atoms with Crippen LogP contribution in [-0.2, 0) is 0 Å². The molecule has 0 aromatic heterocycles. The molecule has 0 spiro atoms. The van der Waals surface area contributed by atoms with E-state index < -0.39 is 24.2 Å². The van der Waals surface area contributed by atoms with Crippen LogP contribution in [0.5, 0.6) is 0 Å². The zero-order valence-electron chi connectivity index (χ0n) is 44.3. The molecular formula is C66H45N. The molecule has 0 radical (unpaired) electrons. The van der Waals surface area contributed by atoms with Crippen molar-refractivity contribution in [2.75, 3.05) is 4.90 Å². The molecule has 0 saturated carbocycles. The Balaban J connectivity index is 1.06. The summed E-state index contributed by atoms with van der Waals surface area (Å²) in [4.78, 5) is 1.37. The number of anilines is 3. The summed E-state index contributed by atoms with van der Waals surface area (Å²) in [7, 11) is 0. The number of nitrogens with zero attached hydrogens (tertiary/aromatic N) is 1. The predicted molar refractivity (Wildman–Crippen MR) is 286 cm³/mol. The fourth-order valence-electron chi connectivity index (χ4n) is 9.30. The van der Waals surface area contributed by atoms with Crippen molar-refractivity contribution in [1.29, 1.82) is 0 Å². The topological polar surface area (TPSA) is 3.24 Å². The van der Waals surface area contributed by atoms with Gasteiger partial charge in [0.15, 0.2) is 0 Å². The van der Waals surface area contributed by atoms with Crippen LogP contribution in [0.1, 0.15) is 11.0 Å². The van der Waals surface area contributed by atoms with Crippen LogP contribution in [0, 0.1) is 0 Å². The molecule has 0 aliphatic rings. The van der Waals surface area contributed by atoms with Crippen molar-refractivity contribution in [2.45, 2.75) is 0 Å². The van der Waals surface area contributed by atoms with E-state index in [1.807, 2.05) is 170 Å². The Morgan fingerprint density at radius 3 is 1.37 bits per heavy atom. The van der Waals surface area contributed by atoms with Crippen LogP contribution in [0.2, 0.25) is 0 Å². The minimum atomic E-state index is -0.410. The van der Waals surface area contributed by atoms with E-state index in [1.165, 1.54) is 4.90 Å². The van der Waals surface area contributed by atoms with Gasteiger partial charge in [0.25, 0.3) is 0 Å². The molecule has 0 fully saturated rings. The second kappa shape index (κ2) is 17.3. The van der Waals surface area contributed by atoms with E-state index in [1.54, 1.807) is 12.1 Å². The van der Waals surface area contributed by atoms with E-state index in [4.69, 9.17) is 0 Å². The van der Waals surface area contributed by atoms with Gasteiger partial charge in [-0.05, 0) is 148 Å². The fourth-order valence-corrected chi connectivity index (χ4v) is 9.30. The second-order valence-corrected chi connectivity index (χ2v) is 16.6. The second-order valence-electron chi connectivity index (χ2n) is 16.6. The van der Waals surface area contributed by atoms with Crippen molar-refractivity contribution in [3.05, 3.63) is 273 Å². The number of fused-ring (bicyclic) bond motifs is 4. The Hall–Kier alpha value is -8.78. The van der Waals surface area contributed by atoms with Crippen LogP contribution < -0.4 is 4.90 Å². The van der Waals surface area contributed by atoms with Gasteiger partial charge in [-0.3, -0.25) is 0 Å². The molecule has 12 aromatic rings. The molecule has 0 saturated heterocycles. The van der Waals surface area contributed by atoms with Crippen LogP contribution >= 0.6 is 0 Å². The molecule has 1 heteroatoms. The Kier molecular flexibility index (Phi) is 8.26. The summed E-state index contributed by atoms with van der Waals surface area (Å²) in [6.45, 7) is 0. The lowest BCUT2D eigenvalue weighted by Crippen LogP contribution is -2.09. The van der Waals surface area contributed by atoms with Crippen LogP contribution in [0.4, 0.5) is 17.1 Å². The number of rotatable bonds is 9. The van der Waals surface area contributed by atoms with Gasteiger partial charge in [-0.1, -0.05) is 224 Å². The van der Waals surface area contributed by atoms with E-state index in [0.717, 1.165) is 76.8 Å². The summed E-state index contributed by atoms with van der Waals surface area (Å²) in [6.07, 6.45) is 0. The highest BCUT2D eigenvalue weighted by atomic mass is 15.1. The summed E-state index contributed by atoms with van der Waals surface area (Å²) in [5.74, 6) is 0. The average molecular weight is 860 g/mol. The number of hydrogen-bond donors (Lipinski definition) is 0. The monoisotopic (exact) mass is 859 g/mol. The Bertz CT molecular complexity index is 4140. The molecule has 0 amide bonds. The highest BCUT2D eigenvalue weighted by Crippen LogP contribution is 2.42. The minimum Gasteiger partial charge on any atom is -0.311 e. The van der Waals surface area contributed by atoms with Crippen LogP contribution in [0.15, 0.2) is 273 Å². The molecule has 67 heavy (non-hydrogen) atoms. The maximum Gasteiger partial charge on any atom is 0.0645 e. The Morgan fingerprint density at radius 1 is 0.239 bits per heavy atom. The van der Waals surface area contributed by atoms with E-state index in [-0.39, 0.29) is 46.7 Å². The first-order valence-corrected chi connectivity index (χ1v) is 22.4. The SMILES string of the molecule is [2H]c1c([2H])c(N(c2ccc(-c3ccc4c(ccc5ccccc54)c3)cc2)c2c([2H])c([2H])c(-c3ccc4ccccc4c3-c3ccccc3)c([2H])c2[2H])c([2H])c([2H])c1-c1ccc(-c2ccccc2)c(-c2ccccc2)c1. The van der Waals surface area contributed by atoms with Gasteiger partial charge in [-0.2, -0.15) is 0 Å². The first-order chi connectivity index (χ1) is 36.6. The zero-order chi connectivity index (χ0) is 51.5. The fraction of sp³-hybridized carbons (Fsp3) is 0. The van der Waals surface area contributed by atoms with E-state index in [9.17, 15) is 11.0 Å². The maximum absolute atomic E-state index is 9.87. The maximum atomic E-state index is 9.87. The van der Waals surface area contributed by atoms with Crippen molar-refractivity contribution in [2.24, 2.45) is 0 Å². The molecule has 0 heterocycles. The summed E-state index contributed by atoms with van der Waals surface area (Å²) in [6, 6.07) is 70.0. The van der Waals surface area contributed by atoms with Gasteiger partial charge in [-0.25, -0.2) is 0 Å². The van der Waals surface area contributed by atoms with E-state index in [0.29, 0.717) is 16.8 Å². The molecule has 0 unspecified atom stereocenters. The quantitative estimate of drug-likeness (QED) is 0.131. The first-order valence-electron chi connectivity index (χ1n) is 26.4. The molecule has 12 rings (SSSR count). The number of hydrogen-bond acceptors (Lipinski definition) is 1. The molecule has 0 atom stereocenters. The largest absolute Gasteiger partial charge is 0.311 e. The van der Waals surface area contributed by atoms with Crippen molar-refractivity contribution in [3.63, 3.8) is 0 Å². The lowest BCUT2D eigenvalue weighted by molar-refractivity contribution is 1.28. The molecular weight excluding hydrogens is 807 g/mol. The molecule has 314 valence electrons. The molecule has 0 aliphatic heterocycles. The molecule has 12 aromatic carbocycles. The zero-order valence-corrected chi connectivity index (χ0v) is 36.3. The smallest absolute Gasteiger partial charge is 0.0645 e. The van der Waals surface area contributed by atoms with Crippen LogP contribution in [0.3, 0.4) is 0 Å². The van der Waals surface area contributed by atoms with E-state index >= 15 is 0 Å². The van der Waals surface area contributed by atoms with Gasteiger partial charge in [0.1, 0.15) is 0 Å². The summed E-state index contributed by atoms with van der Waals surface area (Å²) in [5, 5.41) is 6.34. The Morgan fingerprint density at radius 2 is 0.701 bits per heavy atom. The lowest BCUT2D eigenvalue weighted by Gasteiger charge is -2.26. The van der Waals surface area contributed by atoms with Crippen molar-refractivity contribution in [1.82, 2.24) is 0 Å². The normalized spacial score (nSPS) is 13.0. The lowest BCUT2D eigenvalue weighted by atomic mass is 9.90. The highest BCUT2D eigenvalue weighted by Gasteiger charge is 2.17. The third-order valence-electron chi connectivity index (χ3n) is 12.6. The molecule has 1 nitrogen and oxygen atoms in total. The molecule has 0 N–H and O–H groups in total. The van der Waals surface area contributed by atoms with Crippen LogP contribution in [0.25, 0.3) is 99.1 Å². The van der Waals surface area contributed by atoms with Gasteiger partial charge in [0.05, 0.1) is 11.0 Å². The first kappa shape index (κ1) is 32.0. The Labute approximate surface area is 403 Å². The van der Waals surface area contributed by atoms with Gasteiger partial charge >= 0.3 is 0 Å².